The smallest absolute Gasteiger partial charge is 0.331 e. The van der Waals surface area contributed by atoms with Crippen LogP contribution in [0.25, 0.3) is 0 Å². The number of methoxy groups -OCH3 is 1. The van der Waals surface area contributed by atoms with E-state index in [1.165, 1.54) is 0 Å². The maximum absolute atomic E-state index is 11.5. The van der Waals surface area contributed by atoms with Gasteiger partial charge in [0, 0.05) is 12.2 Å². The third-order valence-electron chi connectivity index (χ3n) is 2.89. The Balaban J connectivity index is 2.26. The van der Waals surface area contributed by atoms with E-state index in [4.69, 9.17) is 14.2 Å². The standard InChI is InChI=1S/C17H22O5/c1-3-4-5-12-21-16(18)10-11-17(19)22-13-14-6-8-15(20-2)9-7-14/h6-11H,3-5,12-13H2,1-2H3/b11-10+. The van der Waals surface area contributed by atoms with E-state index >= 15 is 0 Å². The maximum Gasteiger partial charge on any atom is 0.331 e. The molecule has 0 radical (unpaired) electrons. The number of hydrogen-bond donors (Lipinski definition) is 0. The summed E-state index contributed by atoms with van der Waals surface area (Å²) in [5, 5.41) is 0. The molecule has 5 nitrogen and oxygen atoms in total. The van der Waals surface area contributed by atoms with E-state index in [1.807, 2.05) is 0 Å². The van der Waals surface area contributed by atoms with Gasteiger partial charge in [0.1, 0.15) is 12.4 Å². The van der Waals surface area contributed by atoms with Gasteiger partial charge in [0.25, 0.3) is 0 Å². The molecule has 1 aromatic rings. The van der Waals surface area contributed by atoms with Gasteiger partial charge in [0.05, 0.1) is 13.7 Å². The van der Waals surface area contributed by atoms with Crippen molar-refractivity contribution in [2.75, 3.05) is 13.7 Å². The van der Waals surface area contributed by atoms with Crippen LogP contribution in [-0.2, 0) is 25.7 Å². The molecule has 120 valence electrons. The molecular weight excluding hydrogens is 284 g/mol. The first kappa shape index (κ1) is 17.8. The molecule has 0 spiro atoms. The summed E-state index contributed by atoms with van der Waals surface area (Å²) in [7, 11) is 1.58. The molecular formula is C17H22O5. The summed E-state index contributed by atoms with van der Waals surface area (Å²) < 4.78 is 15.0. The predicted molar refractivity (Wildman–Crippen MR) is 82.4 cm³/mol. The van der Waals surface area contributed by atoms with E-state index in [9.17, 15) is 9.59 Å². The number of rotatable bonds is 9. The van der Waals surface area contributed by atoms with Gasteiger partial charge in [0.2, 0.25) is 0 Å². The van der Waals surface area contributed by atoms with Crippen molar-refractivity contribution in [3.8, 4) is 5.75 Å². The summed E-state index contributed by atoms with van der Waals surface area (Å²) in [5.41, 5.74) is 0.838. The second kappa shape index (κ2) is 10.4. The highest BCUT2D eigenvalue weighted by atomic mass is 16.5. The Hall–Kier alpha value is -2.30. The molecule has 5 heteroatoms. The van der Waals surface area contributed by atoms with Crippen LogP contribution >= 0.6 is 0 Å². The van der Waals surface area contributed by atoms with E-state index in [-0.39, 0.29) is 6.61 Å². The average molecular weight is 306 g/mol. The number of carbonyl (C=O) groups excluding carboxylic acids is 2. The van der Waals surface area contributed by atoms with Crippen LogP contribution in [0.2, 0.25) is 0 Å². The molecule has 0 bridgehead atoms. The number of carbonyl (C=O) groups is 2. The lowest BCUT2D eigenvalue weighted by Gasteiger charge is -2.04. The van der Waals surface area contributed by atoms with E-state index in [1.54, 1.807) is 31.4 Å². The highest BCUT2D eigenvalue weighted by Crippen LogP contribution is 2.11. The average Bonchev–Trinajstić information content (AvgIpc) is 2.55. The minimum Gasteiger partial charge on any atom is -0.497 e. The van der Waals surface area contributed by atoms with E-state index in [0.717, 1.165) is 42.7 Å². The van der Waals surface area contributed by atoms with Gasteiger partial charge in [-0.25, -0.2) is 9.59 Å². The second-order valence-electron chi connectivity index (χ2n) is 4.66. The summed E-state index contributed by atoms with van der Waals surface area (Å²) >= 11 is 0. The zero-order valence-electron chi connectivity index (χ0n) is 13.0. The van der Waals surface area contributed by atoms with Crippen molar-refractivity contribution < 1.29 is 23.8 Å². The van der Waals surface area contributed by atoms with E-state index in [0.29, 0.717) is 6.61 Å². The fraction of sp³-hybridized carbons (Fsp3) is 0.412. The van der Waals surface area contributed by atoms with Crippen LogP contribution in [0.15, 0.2) is 36.4 Å². The first-order chi connectivity index (χ1) is 10.7. The number of esters is 2. The quantitative estimate of drug-likeness (QED) is 0.399. The molecule has 0 N–H and O–H groups in total. The lowest BCUT2D eigenvalue weighted by Crippen LogP contribution is -2.05. The first-order valence-corrected chi connectivity index (χ1v) is 7.30. The van der Waals surface area contributed by atoms with Crippen molar-refractivity contribution >= 4 is 11.9 Å². The minimum absolute atomic E-state index is 0.138. The molecule has 0 aliphatic carbocycles. The lowest BCUT2D eigenvalue weighted by molar-refractivity contribution is -0.141. The van der Waals surface area contributed by atoms with Crippen LogP contribution in [0.3, 0.4) is 0 Å². The Bertz CT molecular complexity index is 490. The molecule has 1 aromatic carbocycles. The normalized spacial score (nSPS) is 10.5. The zero-order chi connectivity index (χ0) is 16.2. The first-order valence-electron chi connectivity index (χ1n) is 7.30. The molecule has 0 heterocycles. The van der Waals surface area contributed by atoms with Crippen LogP contribution in [0, 0.1) is 0 Å². The topological polar surface area (TPSA) is 61.8 Å². The monoisotopic (exact) mass is 306 g/mol. The van der Waals surface area contributed by atoms with Crippen molar-refractivity contribution in [1.29, 1.82) is 0 Å². The summed E-state index contributed by atoms with van der Waals surface area (Å²) in [6, 6.07) is 7.18. The molecule has 0 aliphatic heterocycles. The molecule has 0 fully saturated rings. The van der Waals surface area contributed by atoms with Crippen LogP contribution in [0.1, 0.15) is 31.7 Å². The zero-order valence-corrected chi connectivity index (χ0v) is 13.0. The molecule has 0 aliphatic rings. The molecule has 1 rings (SSSR count). The molecule has 0 atom stereocenters. The van der Waals surface area contributed by atoms with E-state index in [2.05, 4.69) is 6.92 Å². The van der Waals surface area contributed by atoms with Crippen molar-refractivity contribution in [3.05, 3.63) is 42.0 Å². The maximum atomic E-state index is 11.5. The fourth-order valence-electron chi connectivity index (χ4n) is 1.63. The van der Waals surface area contributed by atoms with Crippen molar-refractivity contribution in [2.45, 2.75) is 32.8 Å². The summed E-state index contributed by atoms with van der Waals surface area (Å²) in [6.07, 6.45) is 5.07. The fourth-order valence-corrected chi connectivity index (χ4v) is 1.63. The summed E-state index contributed by atoms with van der Waals surface area (Å²) in [5.74, 6) is -0.375. The molecule has 0 unspecified atom stereocenters. The lowest BCUT2D eigenvalue weighted by atomic mass is 10.2. The summed E-state index contributed by atoms with van der Waals surface area (Å²) in [4.78, 5) is 22.8. The molecule has 0 amide bonds. The molecule has 0 saturated heterocycles. The Morgan fingerprint density at radius 2 is 1.64 bits per heavy atom. The highest BCUT2D eigenvalue weighted by Gasteiger charge is 2.02. The van der Waals surface area contributed by atoms with Gasteiger partial charge in [-0.1, -0.05) is 31.9 Å². The second-order valence-corrected chi connectivity index (χ2v) is 4.66. The van der Waals surface area contributed by atoms with Gasteiger partial charge in [0.15, 0.2) is 0 Å². The SMILES string of the molecule is CCCCCOC(=O)/C=C/C(=O)OCc1ccc(OC)cc1. The number of benzene rings is 1. The van der Waals surface area contributed by atoms with Crippen LogP contribution in [0.4, 0.5) is 0 Å². The van der Waals surface area contributed by atoms with Crippen molar-refractivity contribution in [2.24, 2.45) is 0 Å². The Morgan fingerprint density at radius 1 is 1.00 bits per heavy atom. The van der Waals surface area contributed by atoms with Gasteiger partial charge in [-0.3, -0.25) is 0 Å². The summed E-state index contributed by atoms with van der Waals surface area (Å²) in [6.45, 7) is 2.58. The van der Waals surface area contributed by atoms with Gasteiger partial charge in [-0.05, 0) is 24.1 Å². The van der Waals surface area contributed by atoms with Gasteiger partial charge >= 0.3 is 11.9 Å². The van der Waals surface area contributed by atoms with Crippen LogP contribution in [-0.4, -0.2) is 25.7 Å². The van der Waals surface area contributed by atoms with E-state index < -0.39 is 11.9 Å². The number of hydrogen-bond acceptors (Lipinski definition) is 5. The largest absolute Gasteiger partial charge is 0.497 e. The van der Waals surface area contributed by atoms with Crippen LogP contribution < -0.4 is 4.74 Å². The van der Waals surface area contributed by atoms with Gasteiger partial charge < -0.3 is 14.2 Å². The third kappa shape index (κ3) is 7.47. The Labute approximate surface area is 130 Å². The van der Waals surface area contributed by atoms with Crippen LogP contribution in [0.5, 0.6) is 5.75 Å². The number of ether oxygens (including phenoxy) is 3. The molecule has 0 saturated carbocycles. The highest BCUT2D eigenvalue weighted by molar-refractivity contribution is 5.91. The van der Waals surface area contributed by atoms with Gasteiger partial charge in [-0.15, -0.1) is 0 Å². The predicted octanol–water partition coefficient (Wildman–Crippen LogP) is 3.03. The molecule has 22 heavy (non-hydrogen) atoms. The number of unbranched alkanes of at least 4 members (excludes halogenated alkanes) is 2. The van der Waals surface area contributed by atoms with Gasteiger partial charge in [-0.2, -0.15) is 0 Å². The third-order valence-corrected chi connectivity index (χ3v) is 2.89. The Morgan fingerprint density at radius 3 is 2.23 bits per heavy atom. The minimum atomic E-state index is -0.582. The van der Waals surface area contributed by atoms with Crippen molar-refractivity contribution in [3.63, 3.8) is 0 Å². The Kier molecular flexibility index (Phi) is 8.42. The molecule has 0 aromatic heterocycles. The van der Waals surface area contributed by atoms with Crippen molar-refractivity contribution in [1.82, 2.24) is 0 Å².